The van der Waals surface area contributed by atoms with E-state index in [1.165, 1.54) is 12.1 Å². The lowest BCUT2D eigenvalue weighted by molar-refractivity contribution is 0.179. The van der Waals surface area contributed by atoms with Crippen LogP contribution >= 0.6 is 0 Å². The first-order chi connectivity index (χ1) is 9.55. The fourth-order valence-corrected chi connectivity index (χ4v) is 1.71. The van der Waals surface area contributed by atoms with Gasteiger partial charge in [-0.1, -0.05) is 0 Å². The molecule has 1 aromatic rings. The first kappa shape index (κ1) is 16.3. The number of guanidine groups is 1. The first-order valence-electron chi connectivity index (χ1n) is 6.26. The summed E-state index contributed by atoms with van der Waals surface area (Å²) in [7, 11) is 1.60. The summed E-state index contributed by atoms with van der Waals surface area (Å²) in [5.41, 5.74) is 2.98. The van der Waals surface area contributed by atoms with E-state index in [-0.39, 0.29) is 6.04 Å². The molecular weight excluding hydrogens is 266 g/mol. The van der Waals surface area contributed by atoms with Gasteiger partial charge in [0.1, 0.15) is 11.6 Å². The summed E-state index contributed by atoms with van der Waals surface area (Å²) in [6, 6.07) is 3.46. The topological polar surface area (TPSA) is 71.7 Å². The zero-order valence-electron chi connectivity index (χ0n) is 11.6. The number of nitrogens with zero attached hydrogens (tertiary/aromatic N) is 1. The third-order valence-corrected chi connectivity index (χ3v) is 2.53. The number of benzene rings is 1. The molecule has 1 unspecified atom stereocenters. The Kier molecular flexibility index (Phi) is 6.89. The van der Waals surface area contributed by atoms with E-state index in [9.17, 15) is 8.78 Å². The standard InChI is InChI=1S/C13H20F2N4O/c1-9(8-20-2)18-13(19-16)17-4-3-10-5-11(14)7-12(15)6-10/h5-7,9H,3-4,8,16H2,1-2H3,(H2,17,18,19). The second-order valence-corrected chi connectivity index (χ2v) is 4.40. The van der Waals surface area contributed by atoms with Crippen molar-refractivity contribution in [1.29, 1.82) is 0 Å². The molecule has 0 amide bonds. The van der Waals surface area contributed by atoms with E-state index in [4.69, 9.17) is 10.6 Å². The van der Waals surface area contributed by atoms with Gasteiger partial charge in [-0.2, -0.15) is 0 Å². The summed E-state index contributed by atoms with van der Waals surface area (Å²) in [6.07, 6.45) is 0.417. The molecular formula is C13H20F2N4O. The molecule has 7 heteroatoms. The molecule has 0 radical (unpaired) electrons. The number of hydrogen-bond acceptors (Lipinski definition) is 3. The number of ether oxygens (including phenoxy) is 1. The van der Waals surface area contributed by atoms with E-state index in [0.717, 1.165) is 6.07 Å². The van der Waals surface area contributed by atoms with Crippen molar-refractivity contribution in [2.45, 2.75) is 19.4 Å². The number of halogens is 2. The molecule has 1 aromatic carbocycles. The molecule has 112 valence electrons. The molecule has 0 aliphatic carbocycles. The van der Waals surface area contributed by atoms with Crippen LogP contribution in [0.1, 0.15) is 12.5 Å². The van der Waals surface area contributed by atoms with Crippen molar-refractivity contribution < 1.29 is 13.5 Å². The van der Waals surface area contributed by atoms with Crippen molar-refractivity contribution in [2.24, 2.45) is 10.8 Å². The number of hydrazine groups is 1. The normalized spacial score (nSPS) is 13.2. The molecule has 0 heterocycles. The quantitative estimate of drug-likeness (QED) is 0.315. The molecule has 0 spiro atoms. The van der Waals surface area contributed by atoms with Gasteiger partial charge in [0, 0.05) is 25.8 Å². The monoisotopic (exact) mass is 286 g/mol. The average Bonchev–Trinajstić information content (AvgIpc) is 2.36. The maximum Gasteiger partial charge on any atom is 0.206 e. The third kappa shape index (κ3) is 5.94. The summed E-state index contributed by atoms with van der Waals surface area (Å²) in [4.78, 5) is 4.19. The number of hydrogen-bond donors (Lipinski definition) is 3. The minimum Gasteiger partial charge on any atom is -0.383 e. The number of nitrogens with two attached hydrogens (primary N) is 1. The Morgan fingerprint density at radius 2 is 2.00 bits per heavy atom. The zero-order valence-corrected chi connectivity index (χ0v) is 11.6. The van der Waals surface area contributed by atoms with Gasteiger partial charge in [-0.15, -0.1) is 0 Å². The van der Waals surface area contributed by atoms with Crippen LogP contribution in [0.5, 0.6) is 0 Å². The molecule has 0 saturated heterocycles. The largest absolute Gasteiger partial charge is 0.383 e. The highest BCUT2D eigenvalue weighted by molar-refractivity contribution is 5.79. The van der Waals surface area contributed by atoms with Crippen molar-refractivity contribution in [2.75, 3.05) is 20.3 Å². The Bertz CT molecular complexity index is 434. The summed E-state index contributed by atoms with van der Waals surface area (Å²) in [6.45, 7) is 2.78. The molecule has 20 heavy (non-hydrogen) atoms. The van der Waals surface area contributed by atoms with E-state index in [1.54, 1.807) is 7.11 Å². The van der Waals surface area contributed by atoms with Gasteiger partial charge < -0.3 is 10.1 Å². The van der Waals surface area contributed by atoms with E-state index in [2.05, 4.69) is 15.7 Å². The predicted molar refractivity (Wildman–Crippen MR) is 74.2 cm³/mol. The van der Waals surface area contributed by atoms with E-state index in [1.807, 2.05) is 6.92 Å². The molecule has 0 bridgehead atoms. The van der Waals surface area contributed by atoms with Crippen LogP contribution in [0.15, 0.2) is 23.2 Å². The van der Waals surface area contributed by atoms with Crippen molar-refractivity contribution in [1.82, 2.24) is 10.7 Å². The van der Waals surface area contributed by atoms with E-state index in [0.29, 0.717) is 31.1 Å². The van der Waals surface area contributed by atoms with Crippen molar-refractivity contribution in [3.8, 4) is 0 Å². The first-order valence-corrected chi connectivity index (χ1v) is 6.26. The number of methoxy groups -OCH3 is 1. The smallest absolute Gasteiger partial charge is 0.206 e. The second kappa shape index (κ2) is 8.44. The minimum absolute atomic E-state index is 0.0430. The average molecular weight is 286 g/mol. The van der Waals surface area contributed by atoms with Crippen LogP contribution < -0.4 is 16.6 Å². The van der Waals surface area contributed by atoms with Crippen LogP contribution in [0.3, 0.4) is 0 Å². The van der Waals surface area contributed by atoms with Crippen LogP contribution in [0.4, 0.5) is 8.78 Å². The molecule has 0 saturated carbocycles. The van der Waals surface area contributed by atoms with Crippen LogP contribution in [0.2, 0.25) is 0 Å². The summed E-state index contributed by atoms with van der Waals surface area (Å²) >= 11 is 0. The van der Waals surface area contributed by atoms with Gasteiger partial charge in [0.2, 0.25) is 5.96 Å². The van der Waals surface area contributed by atoms with Crippen molar-refractivity contribution in [3.63, 3.8) is 0 Å². The van der Waals surface area contributed by atoms with Gasteiger partial charge in [0.15, 0.2) is 0 Å². The van der Waals surface area contributed by atoms with Gasteiger partial charge in [-0.3, -0.25) is 10.4 Å². The lowest BCUT2D eigenvalue weighted by atomic mass is 10.1. The number of nitrogens with one attached hydrogen (secondary N) is 2. The Labute approximate surface area is 117 Å². The van der Waals surface area contributed by atoms with Gasteiger partial charge in [0.05, 0.1) is 6.61 Å². The summed E-state index contributed by atoms with van der Waals surface area (Å²) in [5, 5.41) is 3.02. The Morgan fingerprint density at radius 1 is 1.35 bits per heavy atom. The fourth-order valence-electron chi connectivity index (χ4n) is 1.71. The Morgan fingerprint density at radius 3 is 2.55 bits per heavy atom. The number of rotatable bonds is 6. The minimum atomic E-state index is -0.590. The van der Waals surface area contributed by atoms with E-state index >= 15 is 0 Å². The predicted octanol–water partition coefficient (Wildman–Crippen LogP) is 0.951. The molecule has 0 aromatic heterocycles. The van der Waals surface area contributed by atoms with Crippen molar-refractivity contribution in [3.05, 3.63) is 35.4 Å². The molecule has 4 N–H and O–H groups in total. The van der Waals surface area contributed by atoms with Crippen molar-refractivity contribution >= 4 is 5.96 Å². The van der Waals surface area contributed by atoms with Gasteiger partial charge in [-0.25, -0.2) is 14.6 Å². The van der Waals surface area contributed by atoms with Gasteiger partial charge in [0.25, 0.3) is 0 Å². The second-order valence-electron chi connectivity index (χ2n) is 4.40. The Balaban J connectivity index is 2.52. The molecule has 0 aliphatic rings. The highest BCUT2D eigenvalue weighted by Gasteiger charge is 2.04. The molecule has 5 nitrogen and oxygen atoms in total. The summed E-state index contributed by atoms with van der Waals surface area (Å²) in [5.74, 6) is 4.57. The fraction of sp³-hybridized carbons (Fsp3) is 0.462. The molecule has 0 aliphatic heterocycles. The SMILES string of the molecule is COCC(C)NC(=NCCc1cc(F)cc(F)c1)NN. The van der Waals surface area contributed by atoms with Gasteiger partial charge >= 0.3 is 0 Å². The molecule has 1 rings (SSSR count). The van der Waals surface area contributed by atoms with Crippen LogP contribution in [0.25, 0.3) is 0 Å². The Hall–Kier alpha value is -1.73. The molecule has 1 atom stereocenters. The number of aliphatic imine (C=N–C) groups is 1. The van der Waals surface area contributed by atoms with Crippen LogP contribution in [-0.2, 0) is 11.2 Å². The zero-order chi connectivity index (χ0) is 15.0. The maximum absolute atomic E-state index is 13.0. The van der Waals surface area contributed by atoms with E-state index < -0.39 is 11.6 Å². The highest BCUT2D eigenvalue weighted by atomic mass is 19.1. The third-order valence-electron chi connectivity index (χ3n) is 2.53. The molecule has 0 fully saturated rings. The van der Waals surface area contributed by atoms with Crippen LogP contribution in [-0.4, -0.2) is 32.3 Å². The van der Waals surface area contributed by atoms with Crippen LogP contribution in [0, 0.1) is 11.6 Å². The maximum atomic E-state index is 13.0. The lowest BCUT2D eigenvalue weighted by Crippen LogP contribution is -2.47. The summed E-state index contributed by atoms with van der Waals surface area (Å²) < 4.78 is 31.0. The highest BCUT2D eigenvalue weighted by Crippen LogP contribution is 2.08. The van der Waals surface area contributed by atoms with Gasteiger partial charge in [-0.05, 0) is 31.0 Å². The lowest BCUT2D eigenvalue weighted by Gasteiger charge is -2.15.